The molecule has 29 heavy (non-hydrogen) atoms. The number of amides is 2. The quantitative estimate of drug-likeness (QED) is 0.163. The molecule has 0 radical (unpaired) electrons. The van der Waals surface area contributed by atoms with Crippen LogP contribution in [0.25, 0.3) is 0 Å². The third kappa shape index (κ3) is 7.70. The van der Waals surface area contributed by atoms with Crippen molar-refractivity contribution in [1.82, 2.24) is 4.90 Å². The topological polar surface area (TPSA) is 99.7 Å². The molecule has 0 aromatic carbocycles. The average Bonchev–Trinajstić information content (AvgIpc) is 3.44. The molecule has 1 N–H and O–H groups in total. The van der Waals surface area contributed by atoms with Crippen molar-refractivity contribution >= 4 is 17.8 Å². The summed E-state index contributed by atoms with van der Waals surface area (Å²) in [7, 11) is 0. The van der Waals surface area contributed by atoms with Crippen molar-refractivity contribution in [2.75, 3.05) is 6.54 Å². The van der Waals surface area contributed by atoms with Crippen LogP contribution in [-0.4, -0.2) is 40.1 Å². The molecule has 0 aliphatic carbocycles. The maximum atomic E-state index is 12.5. The Morgan fingerprint density at radius 2 is 1.55 bits per heavy atom. The molecule has 0 spiro atoms. The smallest absolute Gasteiger partial charge is 0.370 e. The summed E-state index contributed by atoms with van der Waals surface area (Å²) in [6.07, 6.45) is 15.0. The molecule has 7 nitrogen and oxygen atoms in total. The Morgan fingerprint density at radius 3 is 2.10 bits per heavy atom. The zero-order valence-electron chi connectivity index (χ0n) is 17.8. The number of hydrogen-bond acceptors (Lipinski definition) is 5. The number of imide groups is 1. The van der Waals surface area contributed by atoms with Gasteiger partial charge in [-0.15, -0.1) is 0 Å². The molecule has 2 aliphatic heterocycles. The van der Waals surface area contributed by atoms with Gasteiger partial charge in [-0.1, -0.05) is 71.1 Å². The lowest BCUT2D eigenvalue weighted by Gasteiger charge is -2.15. The van der Waals surface area contributed by atoms with Gasteiger partial charge in [-0.3, -0.25) is 14.5 Å². The number of carboxylic acids is 1. The second-order valence-corrected chi connectivity index (χ2v) is 8.44. The lowest BCUT2D eigenvalue weighted by molar-refractivity contribution is -0.145. The fourth-order valence-corrected chi connectivity index (χ4v) is 4.03. The molecule has 1 atom stereocenters. The maximum Gasteiger partial charge on any atom is 0.370 e. The Kier molecular flexibility index (Phi) is 10.1. The van der Waals surface area contributed by atoms with Gasteiger partial charge in [-0.2, -0.15) is 9.78 Å². The highest BCUT2D eigenvalue weighted by Crippen LogP contribution is 2.35. The normalized spacial score (nSPS) is 20.4. The Morgan fingerprint density at radius 1 is 0.966 bits per heavy atom. The first-order valence-corrected chi connectivity index (χ1v) is 11.4. The van der Waals surface area contributed by atoms with Crippen LogP contribution in [0.4, 0.5) is 0 Å². The summed E-state index contributed by atoms with van der Waals surface area (Å²) in [5, 5.41) is 8.96. The van der Waals surface area contributed by atoms with E-state index in [9.17, 15) is 14.4 Å². The van der Waals surface area contributed by atoms with Crippen LogP contribution in [-0.2, 0) is 24.2 Å². The van der Waals surface area contributed by atoms with E-state index >= 15 is 0 Å². The summed E-state index contributed by atoms with van der Waals surface area (Å²) >= 11 is 0. The number of carbonyl (C=O) groups excluding carboxylic acids is 2. The molecular formula is C22H37NO6. The van der Waals surface area contributed by atoms with E-state index in [4.69, 9.17) is 5.11 Å². The minimum Gasteiger partial charge on any atom is -0.477 e. The molecule has 2 aliphatic rings. The Labute approximate surface area is 174 Å². The van der Waals surface area contributed by atoms with Crippen molar-refractivity contribution in [3.63, 3.8) is 0 Å². The first-order chi connectivity index (χ1) is 14.0. The van der Waals surface area contributed by atoms with E-state index in [0.717, 1.165) is 19.3 Å². The fraction of sp³-hybridized carbons (Fsp3) is 0.864. The molecular weight excluding hydrogens is 374 g/mol. The maximum absolute atomic E-state index is 12.5. The van der Waals surface area contributed by atoms with Crippen LogP contribution in [0.2, 0.25) is 0 Å². The number of hydrogen-bond donors (Lipinski definition) is 1. The molecule has 7 heteroatoms. The third-order valence-corrected chi connectivity index (χ3v) is 5.99. The van der Waals surface area contributed by atoms with Crippen LogP contribution in [0.5, 0.6) is 0 Å². The van der Waals surface area contributed by atoms with Crippen molar-refractivity contribution in [1.29, 1.82) is 0 Å². The van der Waals surface area contributed by atoms with E-state index in [1.165, 1.54) is 56.3 Å². The Hall–Kier alpha value is -1.47. The van der Waals surface area contributed by atoms with Crippen molar-refractivity contribution in [3.05, 3.63) is 0 Å². The zero-order valence-corrected chi connectivity index (χ0v) is 17.8. The molecule has 0 bridgehead atoms. The van der Waals surface area contributed by atoms with Crippen LogP contribution in [0.3, 0.4) is 0 Å². The van der Waals surface area contributed by atoms with Crippen LogP contribution in [0, 0.1) is 5.92 Å². The van der Waals surface area contributed by atoms with Crippen molar-refractivity contribution in [2.45, 2.75) is 109 Å². The second kappa shape index (κ2) is 12.3. The lowest BCUT2D eigenvalue weighted by atomic mass is 9.98. The van der Waals surface area contributed by atoms with E-state index < -0.39 is 11.8 Å². The standard InChI is InChI=1S/C22H37NO6/c1-2-3-4-5-6-7-8-9-10-11-14-18-17-19(24)23(20(18)25)16-13-12-15-22(21(26)27)28-29-22/h18H,2-17H2,1H3,(H,26,27). The number of nitrogens with zero attached hydrogens (tertiary/aromatic N) is 1. The lowest BCUT2D eigenvalue weighted by Crippen LogP contribution is -2.32. The SMILES string of the molecule is CCCCCCCCCCCCC1CC(=O)N(CCCCC2(C(=O)O)OO2)C1=O. The van der Waals surface area contributed by atoms with Gasteiger partial charge in [0.2, 0.25) is 11.8 Å². The largest absolute Gasteiger partial charge is 0.477 e. The summed E-state index contributed by atoms with van der Waals surface area (Å²) < 4.78 is 0. The molecule has 2 heterocycles. The summed E-state index contributed by atoms with van der Waals surface area (Å²) in [5.74, 6) is -2.96. The van der Waals surface area contributed by atoms with Crippen LogP contribution in [0.1, 0.15) is 103 Å². The van der Waals surface area contributed by atoms with Gasteiger partial charge in [0.1, 0.15) is 0 Å². The van der Waals surface area contributed by atoms with Gasteiger partial charge in [0.15, 0.2) is 0 Å². The number of unbranched alkanes of at least 4 members (excludes halogenated alkanes) is 10. The van der Waals surface area contributed by atoms with E-state index in [2.05, 4.69) is 16.7 Å². The fourth-order valence-electron chi connectivity index (χ4n) is 4.03. The summed E-state index contributed by atoms with van der Waals surface area (Å²) in [6, 6.07) is 0. The van der Waals surface area contributed by atoms with Gasteiger partial charge >= 0.3 is 11.8 Å². The molecule has 166 valence electrons. The first-order valence-electron chi connectivity index (χ1n) is 11.4. The van der Waals surface area contributed by atoms with Crippen LogP contribution >= 0.6 is 0 Å². The van der Waals surface area contributed by atoms with E-state index in [1.54, 1.807) is 0 Å². The molecule has 0 aromatic rings. The number of carboxylic acid groups (broad SMARTS) is 1. The zero-order chi connectivity index (χ0) is 21.1. The van der Waals surface area contributed by atoms with Gasteiger partial charge < -0.3 is 5.11 Å². The molecule has 2 amide bonds. The minimum atomic E-state index is -1.50. The van der Waals surface area contributed by atoms with Crippen LogP contribution < -0.4 is 0 Å². The second-order valence-electron chi connectivity index (χ2n) is 8.44. The molecule has 0 aromatic heterocycles. The van der Waals surface area contributed by atoms with Gasteiger partial charge in [0, 0.05) is 25.3 Å². The monoisotopic (exact) mass is 411 g/mol. The molecule has 2 saturated heterocycles. The summed E-state index contributed by atoms with van der Waals surface area (Å²) in [6.45, 7) is 2.58. The van der Waals surface area contributed by atoms with Crippen LogP contribution in [0.15, 0.2) is 0 Å². The minimum absolute atomic E-state index is 0.0576. The predicted octanol–water partition coefficient (Wildman–Crippen LogP) is 4.59. The van der Waals surface area contributed by atoms with Crippen molar-refractivity contribution in [2.24, 2.45) is 5.92 Å². The van der Waals surface area contributed by atoms with Gasteiger partial charge in [0.25, 0.3) is 0 Å². The number of likely N-dealkylation sites (tertiary alicyclic amines) is 1. The average molecular weight is 412 g/mol. The highest BCUT2D eigenvalue weighted by molar-refractivity contribution is 6.03. The molecule has 1 unspecified atom stereocenters. The summed E-state index contributed by atoms with van der Waals surface area (Å²) in [4.78, 5) is 46.0. The third-order valence-electron chi connectivity index (χ3n) is 5.99. The van der Waals surface area contributed by atoms with E-state index in [0.29, 0.717) is 25.8 Å². The Bertz CT molecular complexity index is 545. The van der Waals surface area contributed by atoms with E-state index in [1.807, 2.05) is 0 Å². The molecule has 2 rings (SSSR count). The summed E-state index contributed by atoms with van der Waals surface area (Å²) in [5.41, 5.74) is 0. The highest BCUT2D eigenvalue weighted by Gasteiger charge is 2.56. The molecule has 0 saturated carbocycles. The first kappa shape index (κ1) is 23.8. The van der Waals surface area contributed by atoms with Gasteiger partial charge in [-0.25, -0.2) is 4.79 Å². The van der Waals surface area contributed by atoms with Gasteiger partial charge in [0.05, 0.1) is 0 Å². The van der Waals surface area contributed by atoms with E-state index in [-0.39, 0.29) is 24.2 Å². The number of aliphatic carboxylic acids is 1. The highest BCUT2D eigenvalue weighted by atomic mass is 17.4. The predicted molar refractivity (Wildman–Crippen MR) is 108 cm³/mol. The molecule has 2 fully saturated rings. The number of carbonyl (C=O) groups is 3. The number of rotatable bonds is 17. The van der Waals surface area contributed by atoms with Crippen molar-refractivity contribution < 1.29 is 29.3 Å². The van der Waals surface area contributed by atoms with Crippen molar-refractivity contribution in [3.8, 4) is 0 Å². The van der Waals surface area contributed by atoms with Gasteiger partial charge in [-0.05, 0) is 19.3 Å². The Balaban J connectivity index is 1.51.